The molecule has 0 amide bonds. The Morgan fingerprint density at radius 2 is 2.14 bits per heavy atom. The monoisotopic (exact) mass is 321 g/mol. The number of rotatable bonds is 4. The maximum Gasteiger partial charge on any atom is 0.280 e. The van der Waals surface area contributed by atoms with Gasteiger partial charge in [-0.3, -0.25) is 4.68 Å². The Kier molecular flexibility index (Phi) is 4.39. The molecule has 0 aliphatic carbocycles. The third-order valence-electron chi connectivity index (χ3n) is 3.48. The lowest BCUT2D eigenvalue weighted by molar-refractivity contribution is 0.135. The number of nitrogens with one attached hydrogen (secondary N) is 1. The molecule has 2 heterocycles. The second kappa shape index (κ2) is 5.64. The van der Waals surface area contributed by atoms with Gasteiger partial charge < -0.3 is 5.32 Å². The van der Waals surface area contributed by atoms with Crippen LogP contribution in [0.15, 0.2) is 6.20 Å². The summed E-state index contributed by atoms with van der Waals surface area (Å²) in [5, 5.41) is 7.17. The third-order valence-corrected chi connectivity index (χ3v) is 5.23. The molecule has 1 N–H and O–H groups in total. The first-order valence-electron chi connectivity index (χ1n) is 6.89. The second-order valence-electron chi connectivity index (χ2n) is 6.46. The maximum atomic E-state index is 13.3. The van der Waals surface area contributed by atoms with Crippen LogP contribution in [0.3, 0.4) is 0 Å². The van der Waals surface area contributed by atoms with Crippen molar-refractivity contribution < 1.29 is 17.2 Å². The molecule has 5 nitrogen and oxygen atoms in total. The largest absolute Gasteiger partial charge is 0.308 e. The van der Waals surface area contributed by atoms with E-state index in [1.165, 1.54) is 10.9 Å². The Bertz CT molecular complexity index is 605. The third kappa shape index (κ3) is 4.00. The molecule has 1 atom stereocenters. The first kappa shape index (κ1) is 16.4. The molecule has 8 heteroatoms. The van der Waals surface area contributed by atoms with Crippen molar-refractivity contribution in [3.8, 4) is 0 Å². The fraction of sp³-hybridized carbons (Fsp3) is 0.769. The van der Waals surface area contributed by atoms with Gasteiger partial charge in [0.05, 0.1) is 23.7 Å². The quantitative estimate of drug-likeness (QED) is 0.922. The van der Waals surface area contributed by atoms with Crippen LogP contribution in [0.4, 0.5) is 8.78 Å². The van der Waals surface area contributed by atoms with Crippen molar-refractivity contribution in [3.05, 3.63) is 17.5 Å². The number of sulfone groups is 1. The van der Waals surface area contributed by atoms with Crippen LogP contribution in [0.5, 0.6) is 0 Å². The summed E-state index contributed by atoms with van der Waals surface area (Å²) in [4.78, 5) is 0. The minimum Gasteiger partial charge on any atom is -0.308 e. The molecule has 0 spiro atoms. The van der Waals surface area contributed by atoms with Crippen LogP contribution < -0.4 is 5.32 Å². The molecule has 0 radical (unpaired) electrons. The van der Waals surface area contributed by atoms with Crippen molar-refractivity contribution >= 4 is 9.84 Å². The highest BCUT2D eigenvalue weighted by Gasteiger charge is 2.33. The van der Waals surface area contributed by atoms with Gasteiger partial charge in [-0.25, -0.2) is 17.2 Å². The SMILES string of the molecule is CC(C)(C)NCc1cnn(C2CCS(=O)(=O)C2)c1C(F)F. The van der Waals surface area contributed by atoms with Crippen molar-refractivity contribution in [1.82, 2.24) is 15.1 Å². The zero-order valence-corrected chi connectivity index (χ0v) is 13.3. The summed E-state index contributed by atoms with van der Waals surface area (Å²) in [6.45, 7) is 6.12. The van der Waals surface area contributed by atoms with Crippen molar-refractivity contribution in [1.29, 1.82) is 0 Å². The van der Waals surface area contributed by atoms with Gasteiger partial charge in [-0.1, -0.05) is 0 Å². The van der Waals surface area contributed by atoms with Gasteiger partial charge in [0.25, 0.3) is 6.43 Å². The van der Waals surface area contributed by atoms with E-state index < -0.39 is 22.3 Å². The highest BCUT2D eigenvalue weighted by Crippen LogP contribution is 2.30. The van der Waals surface area contributed by atoms with E-state index in [4.69, 9.17) is 0 Å². The molecule has 0 aromatic carbocycles. The van der Waals surface area contributed by atoms with E-state index in [0.717, 1.165) is 0 Å². The van der Waals surface area contributed by atoms with Crippen LogP contribution in [0.25, 0.3) is 0 Å². The lowest BCUT2D eigenvalue weighted by Gasteiger charge is -2.21. The molecule has 1 aliphatic heterocycles. The van der Waals surface area contributed by atoms with Gasteiger partial charge >= 0.3 is 0 Å². The van der Waals surface area contributed by atoms with Gasteiger partial charge in [0.2, 0.25) is 0 Å². The van der Waals surface area contributed by atoms with E-state index in [1.807, 2.05) is 20.8 Å². The number of hydrogen-bond donors (Lipinski definition) is 1. The molecule has 1 aliphatic rings. The molecule has 1 unspecified atom stereocenters. The average Bonchev–Trinajstić information content (AvgIpc) is 2.88. The minimum absolute atomic E-state index is 0.0375. The Morgan fingerprint density at radius 3 is 2.62 bits per heavy atom. The molecule has 1 saturated heterocycles. The molecule has 1 aromatic rings. The summed E-state index contributed by atoms with van der Waals surface area (Å²) < 4.78 is 50.9. The highest BCUT2D eigenvalue weighted by molar-refractivity contribution is 7.91. The van der Waals surface area contributed by atoms with E-state index in [9.17, 15) is 17.2 Å². The van der Waals surface area contributed by atoms with E-state index >= 15 is 0 Å². The van der Waals surface area contributed by atoms with Crippen molar-refractivity contribution in [2.24, 2.45) is 0 Å². The number of hydrogen-bond acceptors (Lipinski definition) is 4. The molecule has 1 fully saturated rings. The molecule has 0 saturated carbocycles. The predicted molar refractivity (Wildman–Crippen MR) is 76.1 cm³/mol. The van der Waals surface area contributed by atoms with E-state index in [1.54, 1.807) is 0 Å². The lowest BCUT2D eigenvalue weighted by Crippen LogP contribution is -2.35. The molecular weight excluding hydrogens is 300 g/mol. The molecule has 120 valence electrons. The zero-order valence-electron chi connectivity index (χ0n) is 12.4. The van der Waals surface area contributed by atoms with Crippen molar-refractivity contribution in [2.45, 2.75) is 51.7 Å². The molecular formula is C13H21F2N3O2S. The number of alkyl halides is 2. The van der Waals surface area contributed by atoms with Crippen molar-refractivity contribution in [3.63, 3.8) is 0 Å². The summed E-state index contributed by atoms with van der Waals surface area (Å²) in [5.74, 6) is -0.0731. The van der Waals surface area contributed by atoms with Gasteiger partial charge in [0.15, 0.2) is 9.84 Å². The fourth-order valence-corrected chi connectivity index (χ4v) is 4.10. The smallest absolute Gasteiger partial charge is 0.280 e. The molecule has 21 heavy (non-hydrogen) atoms. The Hall–Kier alpha value is -1.02. The minimum atomic E-state index is -3.13. The highest BCUT2D eigenvalue weighted by atomic mass is 32.2. The fourth-order valence-electron chi connectivity index (χ4n) is 2.40. The summed E-state index contributed by atoms with van der Waals surface area (Å²) in [6, 6.07) is -0.484. The van der Waals surface area contributed by atoms with E-state index in [0.29, 0.717) is 12.0 Å². The topological polar surface area (TPSA) is 64.0 Å². The van der Waals surface area contributed by atoms with Gasteiger partial charge in [0, 0.05) is 17.6 Å². The summed E-state index contributed by atoms with van der Waals surface area (Å²) in [5.41, 5.74) is 0.0520. The van der Waals surface area contributed by atoms with Crippen LogP contribution in [0, 0.1) is 0 Å². The summed E-state index contributed by atoms with van der Waals surface area (Å²) >= 11 is 0. The molecule has 0 bridgehead atoms. The van der Waals surface area contributed by atoms with Gasteiger partial charge in [-0.15, -0.1) is 0 Å². The summed E-state index contributed by atoms with van der Waals surface area (Å²) in [7, 11) is -3.13. The second-order valence-corrected chi connectivity index (χ2v) is 8.69. The number of aromatic nitrogens is 2. The van der Waals surface area contributed by atoms with E-state index in [2.05, 4.69) is 10.4 Å². The van der Waals surface area contributed by atoms with Crippen LogP contribution in [-0.4, -0.2) is 35.2 Å². The number of halogens is 2. The van der Waals surface area contributed by atoms with Crippen LogP contribution in [0.1, 0.15) is 50.9 Å². The van der Waals surface area contributed by atoms with E-state index in [-0.39, 0.29) is 29.3 Å². The molecule has 2 rings (SSSR count). The van der Waals surface area contributed by atoms with Gasteiger partial charge in [-0.2, -0.15) is 5.10 Å². The normalized spacial score (nSPS) is 22.1. The standard InChI is InChI=1S/C13H21F2N3O2S/c1-13(2,3)16-6-9-7-17-18(11(9)12(14)15)10-4-5-21(19,20)8-10/h7,10,12,16H,4-6,8H2,1-3H3. The Labute approximate surface area is 123 Å². The molecule has 1 aromatic heterocycles. The average molecular weight is 321 g/mol. The first-order chi connectivity index (χ1) is 9.59. The first-order valence-corrected chi connectivity index (χ1v) is 8.71. The predicted octanol–water partition coefficient (Wildman–Crippen LogP) is 2.07. The van der Waals surface area contributed by atoms with Crippen molar-refractivity contribution in [2.75, 3.05) is 11.5 Å². The maximum absolute atomic E-state index is 13.3. The Balaban J connectivity index is 2.25. The zero-order chi connectivity index (χ0) is 15.8. The van der Waals surface area contributed by atoms with Crippen LogP contribution in [0.2, 0.25) is 0 Å². The summed E-state index contributed by atoms with van der Waals surface area (Å²) in [6.07, 6.45) is -0.923. The van der Waals surface area contributed by atoms with Gasteiger partial charge in [0.1, 0.15) is 5.69 Å². The van der Waals surface area contributed by atoms with Crippen LogP contribution >= 0.6 is 0 Å². The van der Waals surface area contributed by atoms with Crippen LogP contribution in [-0.2, 0) is 16.4 Å². The lowest BCUT2D eigenvalue weighted by atomic mass is 10.1. The Morgan fingerprint density at radius 1 is 1.48 bits per heavy atom. The number of nitrogens with zero attached hydrogens (tertiary/aromatic N) is 2. The van der Waals surface area contributed by atoms with Gasteiger partial charge in [-0.05, 0) is 27.2 Å².